The van der Waals surface area contributed by atoms with Gasteiger partial charge in [0.25, 0.3) is 0 Å². The Balaban J connectivity index is 1.58. The number of allylic oxidation sites excluding steroid dienone is 2. The first-order chi connectivity index (χ1) is 15.3. The van der Waals surface area contributed by atoms with Gasteiger partial charge in [0.15, 0.2) is 0 Å². The van der Waals surface area contributed by atoms with E-state index in [4.69, 9.17) is 0 Å². The second-order valence-corrected chi connectivity index (χ2v) is 15.0. The van der Waals surface area contributed by atoms with E-state index in [1.807, 2.05) is 0 Å². The van der Waals surface area contributed by atoms with Crippen LogP contribution in [0.1, 0.15) is 106 Å². The van der Waals surface area contributed by atoms with Gasteiger partial charge in [0.05, 0.1) is 12.7 Å². The summed E-state index contributed by atoms with van der Waals surface area (Å²) in [5.74, 6) is 1.49. The molecule has 3 nitrogen and oxygen atoms in total. The SMILES string of the molecule is CC1(C)CC[C@]2(CO)CC[C@]3(C)C(=CCC4[C@@]5(C)CC[C@H](O)[C@@](C)(CO)C5CC[C@]43C)C2C1. The van der Waals surface area contributed by atoms with E-state index in [1.54, 1.807) is 5.57 Å². The molecule has 3 N–H and O–H groups in total. The van der Waals surface area contributed by atoms with Gasteiger partial charge in [-0.3, -0.25) is 0 Å². The summed E-state index contributed by atoms with van der Waals surface area (Å²) < 4.78 is 0. The number of aliphatic hydroxyl groups excluding tert-OH is 3. The Bertz CT molecular complexity index is 832. The van der Waals surface area contributed by atoms with Gasteiger partial charge < -0.3 is 15.3 Å². The molecule has 0 heterocycles. The van der Waals surface area contributed by atoms with Gasteiger partial charge in [0.2, 0.25) is 0 Å². The van der Waals surface area contributed by atoms with Crippen molar-refractivity contribution in [3.63, 3.8) is 0 Å². The van der Waals surface area contributed by atoms with Crippen LogP contribution >= 0.6 is 0 Å². The number of hydrogen-bond donors (Lipinski definition) is 3. The fourth-order valence-electron chi connectivity index (χ4n) is 10.7. The lowest BCUT2D eigenvalue weighted by molar-refractivity contribution is -0.216. The van der Waals surface area contributed by atoms with Crippen LogP contribution in [0.25, 0.3) is 0 Å². The van der Waals surface area contributed by atoms with Crippen molar-refractivity contribution >= 4 is 0 Å². The predicted molar refractivity (Wildman–Crippen MR) is 134 cm³/mol. The van der Waals surface area contributed by atoms with Crippen molar-refractivity contribution in [3.8, 4) is 0 Å². The summed E-state index contributed by atoms with van der Waals surface area (Å²) >= 11 is 0. The van der Waals surface area contributed by atoms with Gasteiger partial charge in [-0.05, 0) is 104 Å². The highest BCUT2D eigenvalue weighted by molar-refractivity contribution is 5.33. The molecule has 188 valence electrons. The maximum atomic E-state index is 10.9. The van der Waals surface area contributed by atoms with Crippen LogP contribution in [0.15, 0.2) is 11.6 Å². The van der Waals surface area contributed by atoms with E-state index in [2.05, 4.69) is 47.6 Å². The summed E-state index contributed by atoms with van der Waals surface area (Å²) in [5, 5.41) is 32.0. The largest absolute Gasteiger partial charge is 0.396 e. The van der Waals surface area contributed by atoms with Gasteiger partial charge in [-0.2, -0.15) is 0 Å². The topological polar surface area (TPSA) is 60.7 Å². The van der Waals surface area contributed by atoms with Crippen molar-refractivity contribution in [1.29, 1.82) is 0 Å². The third-order valence-corrected chi connectivity index (χ3v) is 13.2. The van der Waals surface area contributed by atoms with E-state index < -0.39 is 0 Å². The van der Waals surface area contributed by atoms with Gasteiger partial charge in [-0.15, -0.1) is 0 Å². The standard InChI is InChI=1S/C30H50O3/c1-25(2)13-15-30(19-32)16-14-28(5)20(21(30)17-25)7-8-23-26(3)11-10-24(33)27(4,18-31)22(26)9-12-29(23,28)6/h7,21-24,31-33H,8-19H2,1-6H3/t21?,22?,23?,24-,26-,27-,28+,29+,30+/m0/s1. The van der Waals surface area contributed by atoms with Crippen molar-refractivity contribution in [2.24, 2.45) is 50.2 Å². The first kappa shape index (κ1) is 24.3. The van der Waals surface area contributed by atoms with Gasteiger partial charge in [-0.25, -0.2) is 0 Å². The molecule has 0 radical (unpaired) electrons. The summed E-state index contributed by atoms with van der Waals surface area (Å²) in [4.78, 5) is 0. The molecule has 0 saturated heterocycles. The van der Waals surface area contributed by atoms with Gasteiger partial charge in [-0.1, -0.05) is 53.2 Å². The zero-order valence-electron chi connectivity index (χ0n) is 22.2. The number of hydrogen-bond acceptors (Lipinski definition) is 3. The fraction of sp³-hybridized carbons (Fsp3) is 0.933. The summed E-state index contributed by atoms with van der Waals surface area (Å²) in [6.07, 6.45) is 13.6. The van der Waals surface area contributed by atoms with Crippen LogP contribution in [-0.2, 0) is 0 Å². The lowest BCUT2D eigenvalue weighted by Gasteiger charge is -2.71. The van der Waals surface area contributed by atoms with Gasteiger partial charge in [0, 0.05) is 17.4 Å². The van der Waals surface area contributed by atoms with Crippen LogP contribution < -0.4 is 0 Å². The molecule has 5 aliphatic carbocycles. The number of rotatable bonds is 2. The van der Waals surface area contributed by atoms with Crippen molar-refractivity contribution < 1.29 is 15.3 Å². The lowest BCUT2D eigenvalue weighted by atomic mass is 9.33. The van der Waals surface area contributed by atoms with Crippen LogP contribution in [0.3, 0.4) is 0 Å². The maximum Gasteiger partial charge on any atom is 0.0618 e. The number of fused-ring (bicyclic) bond motifs is 7. The molecule has 0 aliphatic heterocycles. The van der Waals surface area contributed by atoms with Crippen LogP contribution in [-0.4, -0.2) is 34.6 Å². The highest BCUT2D eigenvalue weighted by Gasteiger charge is 2.68. The van der Waals surface area contributed by atoms with Crippen LogP contribution in [0, 0.1) is 50.2 Å². The smallest absolute Gasteiger partial charge is 0.0618 e. The van der Waals surface area contributed by atoms with E-state index in [0.717, 1.165) is 32.1 Å². The summed E-state index contributed by atoms with van der Waals surface area (Å²) in [5.41, 5.74) is 2.34. The molecule has 5 aliphatic rings. The monoisotopic (exact) mass is 458 g/mol. The molecule has 0 aromatic carbocycles. The van der Waals surface area contributed by atoms with E-state index in [9.17, 15) is 15.3 Å². The molecule has 4 saturated carbocycles. The predicted octanol–water partition coefficient (Wildman–Crippen LogP) is 6.11. The zero-order valence-corrected chi connectivity index (χ0v) is 22.2. The van der Waals surface area contributed by atoms with Crippen LogP contribution in [0.2, 0.25) is 0 Å². The highest BCUT2D eigenvalue weighted by atomic mass is 16.3. The molecular weight excluding hydrogens is 408 g/mol. The Morgan fingerprint density at radius 3 is 2.18 bits per heavy atom. The molecule has 3 unspecified atom stereocenters. The van der Waals surface area contributed by atoms with Gasteiger partial charge >= 0.3 is 0 Å². The van der Waals surface area contributed by atoms with Crippen molar-refractivity contribution in [2.45, 2.75) is 112 Å². The Morgan fingerprint density at radius 1 is 0.818 bits per heavy atom. The molecule has 0 aromatic rings. The van der Waals surface area contributed by atoms with Crippen LogP contribution in [0.4, 0.5) is 0 Å². The highest BCUT2D eigenvalue weighted by Crippen LogP contribution is 2.75. The Hall–Kier alpha value is -0.380. The maximum absolute atomic E-state index is 10.9. The van der Waals surface area contributed by atoms with Crippen molar-refractivity contribution in [3.05, 3.63) is 11.6 Å². The van der Waals surface area contributed by atoms with Gasteiger partial charge in [0.1, 0.15) is 0 Å². The zero-order chi connectivity index (χ0) is 24.1. The van der Waals surface area contributed by atoms with E-state index in [1.165, 1.54) is 32.1 Å². The fourth-order valence-corrected chi connectivity index (χ4v) is 10.7. The quantitative estimate of drug-likeness (QED) is 0.437. The van der Waals surface area contributed by atoms with Crippen molar-refractivity contribution in [1.82, 2.24) is 0 Å². The molecule has 5 rings (SSSR count). The molecule has 0 bridgehead atoms. The minimum absolute atomic E-state index is 0.0897. The second kappa shape index (κ2) is 7.32. The van der Waals surface area contributed by atoms with Crippen molar-refractivity contribution in [2.75, 3.05) is 13.2 Å². The Labute approximate surface area is 202 Å². The molecular formula is C30H50O3. The summed E-state index contributed by atoms with van der Waals surface area (Å²) in [6, 6.07) is 0. The van der Waals surface area contributed by atoms with E-state index in [-0.39, 0.29) is 39.8 Å². The third kappa shape index (κ3) is 2.97. The molecule has 0 aromatic heterocycles. The minimum atomic E-state index is -0.389. The average molecular weight is 459 g/mol. The average Bonchev–Trinajstić information content (AvgIpc) is 2.77. The first-order valence-electron chi connectivity index (χ1n) is 13.9. The summed E-state index contributed by atoms with van der Waals surface area (Å²) in [7, 11) is 0. The molecule has 9 atom stereocenters. The Kier molecular flexibility index (Phi) is 5.40. The molecule has 0 amide bonds. The summed E-state index contributed by atoms with van der Waals surface area (Å²) in [6.45, 7) is 15.1. The Morgan fingerprint density at radius 2 is 1.52 bits per heavy atom. The second-order valence-electron chi connectivity index (χ2n) is 15.0. The lowest BCUT2D eigenvalue weighted by Crippen LogP contribution is -2.65. The minimum Gasteiger partial charge on any atom is -0.396 e. The first-order valence-corrected chi connectivity index (χ1v) is 13.9. The van der Waals surface area contributed by atoms with E-state index >= 15 is 0 Å². The molecule has 4 fully saturated rings. The normalized spacial score (nSPS) is 55.5. The molecule has 3 heteroatoms. The molecule has 0 spiro atoms. The van der Waals surface area contributed by atoms with Crippen LogP contribution in [0.5, 0.6) is 0 Å². The number of aliphatic hydroxyl groups is 3. The van der Waals surface area contributed by atoms with E-state index in [0.29, 0.717) is 29.8 Å². The third-order valence-electron chi connectivity index (χ3n) is 13.2. The molecule has 33 heavy (non-hydrogen) atoms.